The van der Waals surface area contributed by atoms with Gasteiger partial charge in [0, 0.05) is 29.4 Å². The van der Waals surface area contributed by atoms with Crippen molar-refractivity contribution in [2.45, 2.75) is 34.2 Å². The van der Waals surface area contributed by atoms with Crippen molar-refractivity contribution in [2.75, 3.05) is 0 Å². The van der Waals surface area contributed by atoms with Crippen LogP contribution in [0.15, 0.2) is 54.9 Å². The minimum absolute atomic E-state index is 0.346. The molecule has 0 bridgehead atoms. The van der Waals surface area contributed by atoms with Crippen molar-refractivity contribution in [1.29, 1.82) is 0 Å². The second-order valence-corrected chi connectivity index (χ2v) is 8.11. The summed E-state index contributed by atoms with van der Waals surface area (Å²) in [5.74, 6) is 0.126. The van der Waals surface area contributed by atoms with E-state index in [9.17, 15) is 4.39 Å². The average Bonchev–Trinajstić information content (AvgIpc) is 3.29. The lowest BCUT2D eigenvalue weighted by Gasteiger charge is -2.11. The largest absolute Gasteiger partial charge is 0.272 e. The predicted octanol–water partition coefficient (Wildman–Crippen LogP) is 5.70. The Morgan fingerprint density at radius 3 is 2.39 bits per heavy atom. The van der Waals surface area contributed by atoms with Crippen LogP contribution in [0.4, 0.5) is 4.39 Å². The molecule has 0 fully saturated rings. The predicted molar refractivity (Wildman–Crippen MR) is 127 cm³/mol. The molecule has 3 heterocycles. The summed E-state index contributed by atoms with van der Waals surface area (Å²) in [6.45, 7) is 8.48. The first kappa shape index (κ1) is 20.9. The third-order valence-electron chi connectivity index (χ3n) is 5.73. The zero-order valence-electron chi connectivity index (χ0n) is 19.0. The molecule has 164 valence electrons. The maximum absolute atomic E-state index is 15.0. The fourth-order valence-electron chi connectivity index (χ4n) is 3.76. The van der Waals surface area contributed by atoms with Crippen molar-refractivity contribution in [2.24, 2.45) is 0 Å². The topological polar surface area (TPSA) is 69.4 Å². The second-order valence-electron chi connectivity index (χ2n) is 8.11. The third kappa shape index (κ3) is 3.86. The van der Waals surface area contributed by atoms with Crippen LogP contribution >= 0.6 is 0 Å². The van der Waals surface area contributed by atoms with Crippen LogP contribution in [0.1, 0.15) is 23.9 Å². The summed E-state index contributed by atoms with van der Waals surface area (Å²) in [6.07, 6.45) is 3.85. The quantitative estimate of drug-likeness (QED) is 0.360. The normalized spacial score (nSPS) is 11.3. The summed E-state index contributed by atoms with van der Waals surface area (Å²) in [7, 11) is 0. The van der Waals surface area contributed by atoms with E-state index in [1.807, 2.05) is 75.1 Å². The van der Waals surface area contributed by atoms with Crippen LogP contribution in [0, 0.1) is 26.6 Å². The van der Waals surface area contributed by atoms with Gasteiger partial charge >= 0.3 is 0 Å². The Kier molecular flexibility index (Phi) is 5.17. The van der Waals surface area contributed by atoms with E-state index < -0.39 is 0 Å². The van der Waals surface area contributed by atoms with Crippen LogP contribution in [0.2, 0.25) is 0 Å². The first-order valence-electron chi connectivity index (χ1n) is 10.9. The van der Waals surface area contributed by atoms with Gasteiger partial charge in [-0.1, -0.05) is 24.3 Å². The molecule has 0 N–H and O–H groups in total. The number of benzene rings is 2. The van der Waals surface area contributed by atoms with Gasteiger partial charge in [0.25, 0.3) is 0 Å². The van der Waals surface area contributed by atoms with E-state index in [0.717, 1.165) is 40.2 Å². The van der Waals surface area contributed by atoms with Crippen molar-refractivity contribution in [1.82, 2.24) is 29.7 Å². The lowest BCUT2D eigenvalue weighted by molar-refractivity contribution is 0.629. The molecule has 0 radical (unpaired) electrons. The lowest BCUT2D eigenvalue weighted by atomic mass is 10.0. The molecule has 0 aliphatic heterocycles. The van der Waals surface area contributed by atoms with E-state index >= 15 is 0 Å². The molecule has 0 aliphatic rings. The van der Waals surface area contributed by atoms with Crippen LogP contribution in [0.3, 0.4) is 0 Å². The van der Waals surface area contributed by atoms with E-state index in [0.29, 0.717) is 28.2 Å². The molecule has 0 spiro atoms. The van der Waals surface area contributed by atoms with Crippen molar-refractivity contribution < 1.29 is 4.39 Å². The molecule has 0 amide bonds. The molecular weight excluding hydrogens is 415 g/mol. The number of aryl methyl sites for hydroxylation is 4. The minimum Gasteiger partial charge on any atom is -0.272 e. The maximum Gasteiger partial charge on any atom is 0.182 e. The smallest absolute Gasteiger partial charge is 0.182 e. The summed E-state index contributed by atoms with van der Waals surface area (Å²) >= 11 is 0. The highest BCUT2D eigenvalue weighted by Crippen LogP contribution is 2.31. The molecule has 0 atom stereocenters. The zero-order chi connectivity index (χ0) is 23.1. The van der Waals surface area contributed by atoms with Crippen LogP contribution in [-0.2, 0) is 6.54 Å². The highest BCUT2D eigenvalue weighted by atomic mass is 19.1. The molecule has 0 aliphatic carbocycles. The van der Waals surface area contributed by atoms with Crippen LogP contribution in [-0.4, -0.2) is 29.7 Å². The summed E-state index contributed by atoms with van der Waals surface area (Å²) in [5, 5.41) is 4.37. The molecule has 2 aromatic carbocycles. The maximum atomic E-state index is 15.0. The molecule has 5 aromatic rings. The molecule has 0 saturated carbocycles. The molecule has 0 unspecified atom stereocenters. The van der Waals surface area contributed by atoms with Crippen molar-refractivity contribution in [3.8, 4) is 33.8 Å². The number of hydrogen-bond acceptors (Lipinski definition) is 5. The first-order valence-corrected chi connectivity index (χ1v) is 10.9. The molecule has 6 nitrogen and oxygen atoms in total. The van der Waals surface area contributed by atoms with Crippen LogP contribution < -0.4 is 0 Å². The van der Waals surface area contributed by atoms with Crippen LogP contribution in [0.25, 0.3) is 44.9 Å². The standard InChI is InChI=1S/C26H23FN6/c1-5-33-14-20(13-28-33)18-7-6-8-19(12-18)25-31-23(21-10-9-15(2)11-22(21)27)24-26(32-25)30-17(4)16(3)29-24/h6-14H,5H2,1-4H3. The second kappa shape index (κ2) is 8.16. The zero-order valence-corrected chi connectivity index (χ0v) is 19.0. The number of nitrogens with zero attached hydrogens (tertiary/aromatic N) is 6. The van der Waals surface area contributed by atoms with Gasteiger partial charge in [-0.15, -0.1) is 0 Å². The Bertz CT molecular complexity index is 1500. The van der Waals surface area contributed by atoms with Gasteiger partial charge in [-0.3, -0.25) is 4.68 Å². The summed E-state index contributed by atoms with van der Waals surface area (Å²) in [5.41, 5.74) is 6.97. The van der Waals surface area contributed by atoms with Gasteiger partial charge in [-0.2, -0.15) is 5.10 Å². The first-order chi connectivity index (χ1) is 15.9. The third-order valence-corrected chi connectivity index (χ3v) is 5.73. The highest BCUT2D eigenvalue weighted by Gasteiger charge is 2.18. The lowest BCUT2D eigenvalue weighted by Crippen LogP contribution is -2.03. The Labute approximate surface area is 191 Å². The minimum atomic E-state index is -0.346. The molecule has 33 heavy (non-hydrogen) atoms. The summed E-state index contributed by atoms with van der Waals surface area (Å²) in [6, 6.07) is 13.0. The van der Waals surface area contributed by atoms with Gasteiger partial charge in [-0.05, 0) is 57.0 Å². The summed E-state index contributed by atoms with van der Waals surface area (Å²) in [4.78, 5) is 18.8. The van der Waals surface area contributed by atoms with Gasteiger partial charge in [-0.25, -0.2) is 24.3 Å². The van der Waals surface area contributed by atoms with Gasteiger partial charge in [0.05, 0.1) is 17.6 Å². The number of fused-ring (bicyclic) bond motifs is 1. The van der Waals surface area contributed by atoms with Crippen molar-refractivity contribution >= 4 is 11.2 Å². The van der Waals surface area contributed by atoms with Gasteiger partial charge in [0.1, 0.15) is 17.0 Å². The Morgan fingerprint density at radius 1 is 0.848 bits per heavy atom. The van der Waals surface area contributed by atoms with Gasteiger partial charge in [0.15, 0.2) is 11.5 Å². The number of hydrogen-bond donors (Lipinski definition) is 0. The van der Waals surface area contributed by atoms with Crippen molar-refractivity contribution in [3.63, 3.8) is 0 Å². The monoisotopic (exact) mass is 438 g/mol. The Hall–Kier alpha value is -4.00. The highest BCUT2D eigenvalue weighted by molar-refractivity contribution is 5.89. The van der Waals surface area contributed by atoms with Gasteiger partial charge in [0.2, 0.25) is 0 Å². The molecule has 3 aromatic heterocycles. The van der Waals surface area contributed by atoms with E-state index in [1.54, 1.807) is 6.07 Å². The van der Waals surface area contributed by atoms with Crippen molar-refractivity contribution in [3.05, 3.63) is 77.6 Å². The Morgan fingerprint density at radius 2 is 1.64 bits per heavy atom. The van der Waals surface area contributed by atoms with E-state index in [2.05, 4.69) is 15.1 Å². The molecule has 5 rings (SSSR count). The molecular formula is C26H23FN6. The number of halogens is 1. The number of aromatic nitrogens is 6. The fraction of sp³-hybridized carbons (Fsp3) is 0.192. The Balaban J connectivity index is 1.73. The van der Waals surface area contributed by atoms with E-state index in [1.165, 1.54) is 6.07 Å². The van der Waals surface area contributed by atoms with E-state index in [-0.39, 0.29) is 5.82 Å². The van der Waals surface area contributed by atoms with Gasteiger partial charge < -0.3 is 0 Å². The van der Waals surface area contributed by atoms with E-state index in [4.69, 9.17) is 9.97 Å². The molecule has 7 heteroatoms. The summed E-state index contributed by atoms with van der Waals surface area (Å²) < 4.78 is 16.9. The SMILES string of the molecule is CCn1cc(-c2cccc(-c3nc(-c4ccc(C)cc4F)c4nc(C)c(C)nc4n3)c2)cn1. The fourth-order valence-corrected chi connectivity index (χ4v) is 3.76. The molecule has 0 saturated heterocycles. The average molecular weight is 439 g/mol. The van der Waals surface area contributed by atoms with Crippen LogP contribution in [0.5, 0.6) is 0 Å². The number of rotatable bonds is 4.